The van der Waals surface area contributed by atoms with E-state index in [2.05, 4.69) is 49.1 Å². The van der Waals surface area contributed by atoms with E-state index in [-0.39, 0.29) is 9.87 Å². The topological polar surface area (TPSA) is 9.23 Å². The van der Waals surface area contributed by atoms with Crippen molar-refractivity contribution in [2.75, 3.05) is 0 Å². The molecule has 2 bridgehead atoms. The van der Waals surface area contributed by atoms with Gasteiger partial charge in [-0.2, -0.15) is 0 Å². The van der Waals surface area contributed by atoms with Crippen LogP contribution in [-0.2, 0) is 4.74 Å². The van der Waals surface area contributed by atoms with E-state index in [9.17, 15) is 0 Å². The van der Waals surface area contributed by atoms with Crippen LogP contribution in [0.2, 0.25) is 0 Å². The number of thioether (sulfide) groups is 3. The lowest BCUT2D eigenvalue weighted by Gasteiger charge is -2.34. The number of hydrogen-bond donors (Lipinski definition) is 0. The maximum Gasteiger partial charge on any atom is 0.117 e. The van der Waals surface area contributed by atoms with Crippen molar-refractivity contribution in [3.05, 3.63) is 0 Å². The van der Waals surface area contributed by atoms with Gasteiger partial charge in [0.25, 0.3) is 0 Å². The van der Waals surface area contributed by atoms with Crippen molar-refractivity contribution < 1.29 is 4.74 Å². The standard InChI is InChI=1S/C11H14OS3/c1-10-6-4-3-5-7(6)11(2,12-10)15-9(5)13-8(4)14-10/h4-9H,3H2,1-2H3/t4-,5+,6-,7+,8+,9-,10-,11+. The Bertz CT molecular complexity index is 343. The first kappa shape index (κ1) is 9.01. The Morgan fingerprint density at radius 2 is 1.53 bits per heavy atom. The molecule has 4 heteroatoms. The highest BCUT2D eigenvalue weighted by Gasteiger charge is 2.78. The van der Waals surface area contributed by atoms with E-state index in [1.807, 2.05) is 0 Å². The van der Waals surface area contributed by atoms with E-state index in [1.165, 1.54) is 6.42 Å². The molecule has 0 amide bonds. The van der Waals surface area contributed by atoms with Gasteiger partial charge in [-0.05, 0) is 32.1 Å². The van der Waals surface area contributed by atoms with Crippen LogP contribution in [0.15, 0.2) is 0 Å². The number of rotatable bonds is 0. The zero-order valence-electron chi connectivity index (χ0n) is 8.80. The van der Waals surface area contributed by atoms with Gasteiger partial charge in [0.1, 0.15) is 9.87 Å². The van der Waals surface area contributed by atoms with Crippen molar-refractivity contribution in [3.63, 3.8) is 0 Å². The monoisotopic (exact) mass is 258 g/mol. The Hall–Kier alpha value is 1.01. The predicted octanol–water partition coefficient (Wildman–Crippen LogP) is 3.21. The largest absolute Gasteiger partial charge is 0.347 e. The van der Waals surface area contributed by atoms with Crippen molar-refractivity contribution in [1.82, 2.24) is 0 Å². The molecule has 82 valence electrons. The highest BCUT2D eigenvalue weighted by Crippen LogP contribution is 2.82. The van der Waals surface area contributed by atoms with Gasteiger partial charge in [-0.3, -0.25) is 0 Å². The predicted molar refractivity (Wildman–Crippen MR) is 66.8 cm³/mol. The minimum absolute atomic E-state index is 0.162. The Balaban J connectivity index is 1.80. The Morgan fingerprint density at radius 3 is 2.07 bits per heavy atom. The molecule has 0 aromatic carbocycles. The third-order valence-corrected chi connectivity index (χ3v) is 10.4. The molecule has 5 fully saturated rings. The summed E-state index contributed by atoms with van der Waals surface area (Å²) in [5.41, 5.74) is 0. The quantitative estimate of drug-likeness (QED) is 0.659. The van der Waals surface area contributed by atoms with Gasteiger partial charge in [-0.15, -0.1) is 35.3 Å². The third-order valence-electron chi connectivity index (χ3n) is 5.14. The average molecular weight is 258 g/mol. The van der Waals surface area contributed by atoms with Crippen LogP contribution < -0.4 is 0 Å². The van der Waals surface area contributed by atoms with Crippen molar-refractivity contribution >= 4 is 35.3 Å². The summed E-state index contributed by atoms with van der Waals surface area (Å²) >= 11 is 6.56. The van der Waals surface area contributed by atoms with Crippen LogP contribution in [0.5, 0.6) is 0 Å². The van der Waals surface area contributed by atoms with Crippen LogP contribution in [0.1, 0.15) is 20.3 Å². The summed E-state index contributed by atoms with van der Waals surface area (Å²) in [7, 11) is 0. The van der Waals surface area contributed by atoms with Gasteiger partial charge >= 0.3 is 0 Å². The molecule has 15 heavy (non-hydrogen) atoms. The van der Waals surface area contributed by atoms with Gasteiger partial charge in [0.15, 0.2) is 0 Å². The molecule has 5 rings (SSSR count). The highest BCUT2D eigenvalue weighted by atomic mass is 32.2. The molecule has 4 heterocycles. The number of hydrogen-bond acceptors (Lipinski definition) is 4. The molecule has 1 nitrogen and oxygen atoms in total. The molecule has 1 saturated carbocycles. The second kappa shape index (κ2) is 2.27. The van der Waals surface area contributed by atoms with E-state index in [4.69, 9.17) is 4.74 Å². The van der Waals surface area contributed by atoms with Gasteiger partial charge in [0, 0.05) is 11.8 Å². The smallest absolute Gasteiger partial charge is 0.117 e. The van der Waals surface area contributed by atoms with Crippen molar-refractivity contribution in [1.29, 1.82) is 0 Å². The van der Waals surface area contributed by atoms with Crippen LogP contribution >= 0.6 is 35.3 Å². The fourth-order valence-corrected chi connectivity index (χ4v) is 11.9. The van der Waals surface area contributed by atoms with E-state index >= 15 is 0 Å². The zero-order valence-corrected chi connectivity index (χ0v) is 11.3. The van der Waals surface area contributed by atoms with Crippen molar-refractivity contribution in [2.45, 2.75) is 39.3 Å². The normalized spacial score (nSPS) is 77.2. The minimum atomic E-state index is 0.162. The lowest BCUT2D eigenvalue weighted by Crippen LogP contribution is -2.28. The molecule has 0 N–H and O–H groups in total. The molecule has 5 aliphatic rings. The van der Waals surface area contributed by atoms with Crippen molar-refractivity contribution in [2.24, 2.45) is 23.7 Å². The molecule has 1 aliphatic carbocycles. The first-order valence-electron chi connectivity index (χ1n) is 5.82. The molecule has 0 spiro atoms. The van der Waals surface area contributed by atoms with Crippen LogP contribution in [0, 0.1) is 23.7 Å². The highest BCUT2D eigenvalue weighted by molar-refractivity contribution is 8.25. The maximum atomic E-state index is 6.50. The van der Waals surface area contributed by atoms with Crippen LogP contribution in [0.25, 0.3) is 0 Å². The lowest BCUT2D eigenvalue weighted by atomic mass is 9.84. The molecule has 0 aromatic rings. The molecule has 0 aromatic heterocycles. The molecule has 8 atom stereocenters. The minimum Gasteiger partial charge on any atom is -0.347 e. The third kappa shape index (κ3) is 0.782. The molecule has 4 aliphatic heterocycles. The van der Waals surface area contributed by atoms with Gasteiger partial charge in [-0.1, -0.05) is 0 Å². The molecule has 4 saturated heterocycles. The summed E-state index contributed by atoms with van der Waals surface area (Å²) in [6, 6.07) is 0. The van der Waals surface area contributed by atoms with Gasteiger partial charge in [0.2, 0.25) is 0 Å². The summed E-state index contributed by atoms with van der Waals surface area (Å²) in [6.07, 6.45) is 1.51. The summed E-state index contributed by atoms with van der Waals surface area (Å²) in [5.74, 6) is 3.68. The van der Waals surface area contributed by atoms with E-state index < -0.39 is 0 Å². The second-order valence-corrected chi connectivity index (χ2v) is 10.9. The molecular formula is C11H14OS3. The Morgan fingerprint density at radius 1 is 1.00 bits per heavy atom. The SMILES string of the molecule is C[C@]12O[C@]3(C)S[C@@H]4S[C@H](S1)[C@H]1C[C@@H]4[C@@H]3[C@H]12. The summed E-state index contributed by atoms with van der Waals surface area (Å²) in [6.45, 7) is 4.73. The second-order valence-electron chi connectivity index (χ2n) is 5.86. The van der Waals surface area contributed by atoms with Crippen LogP contribution in [-0.4, -0.2) is 19.0 Å². The summed E-state index contributed by atoms with van der Waals surface area (Å²) in [5, 5.41) is 0. The molecule has 0 unspecified atom stereocenters. The van der Waals surface area contributed by atoms with Crippen LogP contribution in [0.4, 0.5) is 0 Å². The van der Waals surface area contributed by atoms with Crippen molar-refractivity contribution in [3.8, 4) is 0 Å². The maximum absolute atomic E-state index is 6.50. The van der Waals surface area contributed by atoms with Gasteiger partial charge in [-0.25, -0.2) is 0 Å². The fourth-order valence-electron chi connectivity index (χ4n) is 4.90. The fraction of sp³-hybridized carbons (Fsp3) is 1.00. The van der Waals surface area contributed by atoms with E-state index in [0.29, 0.717) is 0 Å². The summed E-state index contributed by atoms with van der Waals surface area (Å²) in [4.78, 5) is 0.323. The van der Waals surface area contributed by atoms with Gasteiger partial charge < -0.3 is 4.74 Å². The van der Waals surface area contributed by atoms with Gasteiger partial charge in [0.05, 0.1) is 9.16 Å². The number of ether oxygens (including phenoxy) is 1. The average Bonchev–Trinajstić information content (AvgIpc) is 2.70. The lowest BCUT2D eigenvalue weighted by molar-refractivity contribution is 0.000293. The Labute approximate surface area is 103 Å². The van der Waals surface area contributed by atoms with Crippen LogP contribution in [0.3, 0.4) is 0 Å². The van der Waals surface area contributed by atoms with E-state index in [0.717, 1.165) is 32.8 Å². The molecule has 0 radical (unpaired) electrons. The first-order valence-corrected chi connectivity index (χ1v) is 8.52. The zero-order chi connectivity index (χ0) is 10.00. The van der Waals surface area contributed by atoms with E-state index in [1.54, 1.807) is 0 Å². The first-order chi connectivity index (χ1) is 7.11. The summed E-state index contributed by atoms with van der Waals surface area (Å²) < 4.78 is 8.20. The Kier molecular flexibility index (Phi) is 1.36. The molecular weight excluding hydrogens is 244 g/mol.